The van der Waals surface area contributed by atoms with Gasteiger partial charge in [0, 0.05) is 0 Å². The summed E-state index contributed by atoms with van der Waals surface area (Å²) in [6.07, 6.45) is 7.56. The van der Waals surface area contributed by atoms with E-state index < -0.39 is 0 Å². The molecule has 0 heterocycles. The van der Waals surface area contributed by atoms with Gasteiger partial charge < -0.3 is 34.0 Å². The first-order chi connectivity index (χ1) is 2.89. The van der Waals surface area contributed by atoms with Crippen molar-refractivity contribution in [3.8, 4) is 0 Å². The Kier molecular flexibility index (Phi) is 9.19. The predicted octanol–water partition coefficient (Wildman–Crippen LogP) is -4.61. The minimum absolute atomic E-state index is 0. The summed E-state index contributed by atoms with van der Waals surface area (Å²) in [6.45, 7) is 0. The molecular formula is C5H5Br2Ir. The third-order valence-electron chi connectivity index (χ3n) is 0.709. The van der Waals surface area contributed by atoms with Crippen molar-refractivity contribution < 1.29 is 52.9 Å². The van der Waals surface area contributed by atoms with Crippen LogP contribution in [-0.2, 0) is 18.9 Å². The molecule has 0 saturated heterocycles. The van der Waals surface area contributed by atoms with E-state index >= 15 is 0 Å². The van der Waals surface area contributed by atoms with Crippen molar-refractivity contribution in [2.24, 2.45) is 0 Å². The van der Waals surface area contributed by atoms with Crippen LogP contribution in [0.2, 0.25) is 0 Å². The molecule has 8 heavy (non-hydrogen) atoms. The first-order valence-corrected chi connectivity index (χ1v) is 3.08. The van der Waals surface area contributed by atoms with Gasteiger partial charge in [-0.15, -0.1) is 0 Å². The van der Waals surface area contributed by atoms with Crippen LogP contribution in [0.5, 0.6) is 0 Å². The molecule has 0 radical (unpaired) electrons. The molecule has 0 aromatic carbocycles. The van der Waals surface area contributed by atoms with Gasteiger partial charge in [-0.05, 0) is 0 Å². The summed E-state index contributed by atoms with van der Waals surface area (Å²) in [5, 5.41) is 0. The van der Waals surface area contributed by atoms with Crippen LogP contribution in [0.25, 0.3) is 0 Å². The molecule has 0 spiro atoms. The second-order valence-electron chi connectivity index (χ2n) is 1.22. The Hall–Kier alpha value is 1.09. The third-order valence-corrected chi connectivity index (χ3v) is 1.60. The summed E-state index contributed by atoms with van der Waals surface area (Å²) >= 11 is 2.14. The zero-order valence-electron chi connectivity index (χ0n) is 4.03. The maximum atomic E-state index is 2.16. The number of hydrogen-bond acceptors (Lipinski definition) is 0. The van der Waals surface area contributed by atoms with E-state index in [-0.39, 0.29) is 34.0 Å². The van der Waals surface area contributed by atoms with Gasteiger partial charge in [0.25, 0.3) is 0 Å². The zero-order valence-corrected chi connectivity index (χ0v) is 9.60. The molecule has 0 N–H and O–H groups in total. The van der Waals surface area contributed by atoms with Gasteiger partial charge in [0.15, 0.2) is 0 Å². The topological polar surface area (TPSA) is 0 Å². The molecule has 1 aliphatic carbocycles. The number of hydrogen-bond donors (Lipinski definition) is 0. The van der Waals surface area contributed by atoms with Crippen molar-refractivity contribution in [2.75, 3.05) is 0 Å². The molecule has 1 aliphatic rings. The normalized spacial score (nSPS) is 13.9. The van der Waals surface area contributed by atoms with Gasteiger partial charge in [-0.25, -0.2) is 0 Å². The van der Waals surface area contributed by atoms with Crippen molar-refractivity contribution in [1.29, 1.82) is 0 Å². The van der Waals surface area contributed by atoms with Gasteiger partial charge in [0.05, 0.1) is 0 Å². The summed E-state index contributed by atoms with van der Waals surface area (Å²) < 4.78 is 1.47. The first-order valence-electron chi connectivity index (χ1n) is 1.88. The molecule has 1 rings (SSSR count). The van der Waals surface area contributed by atoms with E-state index in [2.05, 4.69) is 37.1 Å². The Labute approximate surface area is 81.1 Å². The molecule has 0 fully saturated rings. The van der Waals surface area contributed by atoms with E-state index in [0.29, 0.717) is 0 Å². The average Bonchev–Trinajstić information content (AvgIpc) is 1.86. The van der Waals surface area contributed by atoms with Crippen LogP contribution in [-0.4, -0.2) is 0 Å². The molecule has 3 heteroatoms. The molecule has 0 saturated carbocycles. The average molecular weight is 417 g/mol. The van der Waals surface area contributed by atoms with Gasteiger partial charge in [-0.3, -0.25) is 0 Å². The molecule has 0 atom stereocenters. The van der Waals surface area contributed by atoms with E-state index in [1.54, 1.807) is 0 Å². The summed E-state index contributed by atoms with van der Waals surface area (Å²) in [7, 11) is 0. The van der Waals surface area contributed by atoms with Crippen molar-refractivity contribution in [2.45, 2.75) is 6.42 Å². The van der Waals surface area contributed by atoms with Crippen LogP contribution in [0.4, 0.5) is 0 Å². The molecule has 0 bridgehead atoms. The van der Waals surface area contributed by atoms with E-state index in [4.69, 9.17) is 0 Å². The zero-order chi connectivity index (χ0) is 4.41. The Morgan fingerprint density at radius 2 is 2.00 bits per heavy atom. The van der Waals surface area contributed by atoms with Gasteiger partial charge in [0.1, 0.15) is 0 Å². The van der Waals surface area contributed by atoms with Crippen LogP contribution in [0, 0.1) is 0 Å². The van der Waals surface area contributed by atoms with Crippen LogP contribution in [0.1, 0.15) is 6.42 Å². The Bertz CT molecular complexity index is 107. The SMILES string of the molecule is [Br-].[Br-].[Ir+2][C]1=CC=CC1. The minimum atomic E-state index is 0. The predicted molar refractivity (Wildman–Crippen MR) is 21.8 cm³/mol. The van der Waals surface area contributed by atoms with E-state index in [0.717, 1.165) is 0 Å². The summed E-state index contributed by atoms with van der Waals surface area (Å²) in [6, 6.07) is 0. The van der Waals surface area contributed by atoms with Crippen molar-refractivity contribution in [1.82, 2.24) is 0 Å². The van der Waals surface area contributed by atoms with Crippen LogP contribution >= 0.6 is 0 Å². The van der Waals surface area contributed by atoms with Gasteiger partial charge in [-0.2, -0.15) is 0 Å². The molecule has 0 nitrogen and oxygen atoms in total. The molecule has 0 aromatic rings. The Morgan fingerprint density at radius 3 is 2.12 bits per heavy atom. The molecule has 0 amide bonds. The first kappa shape index (κ1) is 11.8. The summed E-state index contributed by atoms with van der Waals surface area (Å²) in [5.41, 5.74) is 0. The van der Waals surface area contributed by atoms with Crippen molar-refractivity contribution in [3.05, 3.63) is 22.3 Å². The third kappa shape index (κ3) is 4.02. The number of rotatable bonds is 0. The Balaban J connectivity index is 0. The van der Waals surface area contributed by atoms with Gasteiger partial charge >= 0.3 is 47.6 Å². The monoisotopic (exact) mass is 416 g/mol. The van der Waals surface area contributed by atoms with Gasteiger partial charge in [0.2, 0.25) is 0 Å². The summed E-state index contributed by atoms with van der Waals surface area (Å²) in [4.78, 5) is 0. The van der Waals surface area contributed by atoms with Crippen molar-refractivity contribution in [3.63, 3.8) is 0 Å². The van der Waals surface area contributed by atoms with Crippen LogP contribution in [0.15, 0.2) is 22.3 Å². The van der Waals surface area contributed by atoms with Crippen LogP contribution in [0.3, 0.4) is 0 Å². The van der Waals surface area contributed by atoms with Crippen LogP contribution < -0.4 is 34.0 Å². The number of halogens is 2. The molecule has 0 aromatic heterocycles. The fourth-order valence-corrected chi connectivity index (χ4v) is 0.924. The molecule has 0 unspecified atom stereocenters. The van der Waals surface area contributed by atoms with E-state index in [1.807, 2.05) is 0 Å². The second-order valence-corrected chi connectivity index (χ2v) is 2.76. The fraction of sp³-hybridized carbons (Fsp3) is 0.200. The molecule has 0 aliphatic heterocycles. The summed E-state index contributed by atoms with van der Waals surface area (Å²) in [5.74, 6) is 0. The quantitative estimate of drug-likeness (QED) is 0.373. The number of allylic oxidation sites excluding steroid dienone is 4. The second kappa shape index (κ2) is 6.21. The van der Waals surface area contributed by atoms with E-state index in [1.165, 1.54) is 10.5 Å². The van der Waals surface area contributed by atoms with Gasteiger partial charge in [-0.1, -0.05) is 0 Å². The Morgan fingerprint density at radius 1 is 1.38 bits per heavy atom. The fourth-order valence-electron chi connectivity index (χ4n) is 0.412. The van der Waals surface area contributed by atoms with E-state index in [9.17, 15) is 0 Å². The molecule has 48 valence electrons. The molecular weight excluding hydrogens is 412 g/mol. The maximum absolute atomic E-state index is 2.16. The standard InChI is InChI=1S/C5H5.2BrH.Ir/c1-2-4-5-3-1;;;/h1-3H,4H2;2*1H;/q;;;+2/p-2. The van der Waals surface area contributed by atoms with Crippen molar-refractivity contribution >= 4 is 0 Å².